The monoisotopic (exact) mass is 172 g/mol. The molecule has 3 heteroatoms. The smallest absolute Gasteiger partial charge is 0.189 e. The molecule has 0 radical (unpaired) electrons. The highest BCUT2D eigenvalue weighted by Crippen LogP contribution is 2.17. The second-order valence-electron chi connectivity index (χ2n) is 1.92. The van der Waals surface area contributed by atoms with Gasteiger partial charge in [0.1, 0.15) is 0 Å². The quantitative estimate of drug-likeness (QED) is 0.692. The van der Waals surface area contributed by atoms with Gasteiger partial charge in [-0.3, -0.25) is 0 Å². The number of hydrogen-bond donors (Lipinski definition) is 1. The summed E-state index contributed by atoms with van der Waals surface area (Å²) in [6.07, 6.45) is 0.938. The predicted octanol–water partition coefficient (Wildman–Crippen LogP) is 2.54. The molecule has 0 aromatic carbocycles. The highest BCUT2D eigenvalue weighted by molar-refractivity contribution is 7.80. The summed E-state index contributed by atoms with van der Waals surface area (Å²) in [5.41, 5.74) is 0.822. The molecule has 1 rings (SSSR count). The van der Waals surface area contributed by atoms with Gasteiger partial charge in [-0.25, -0.2) is 0 Å². The van der Waals surface area contributed by atoms with Crippen molar-refractivity contribution in [3.8, 4) is 0 Å². The fraction of sp³-hybridized carbons (Fsp3) is 0.286. The molecule has 0 aliphatic heterocycles. The molecule has 0 atom stereocenters. The maximum atomic E-state index is 8.96. The molecule has 0 fully saturated rings. The molecule has 10 heavy (non-hydrogen) atoms. The fourth-order valence-corrected chi connectivity index (χ4v) is 1.89. The van der Waals surface area contributed by atoms with Crippen molar-refractivity contribution in [2.75, 3.05) is 0 Å². The summed E-state index contributed by atoms with van der Waals surface area (Å²) in [7, 11) is 0. The lowest BCUT2D eigenvalue weighted by atomic mass is 10.2. The van der Waals surface area contributed by atoms with E-state index in [2.05, 4.69) is 12.2 Å². The van der Waals surface area contributed by atoms with Gasteiger partial charge in [-0.15, -0.1) is 11.3 Å². The summed E-state index contributed by atoms with van der Waals surface area (Å²) in [6, 6.07) is 1.85. The normalized spacial score (nSPS) is 9.70. The highest BCUT2D eigenvalue weighted by atomic mass is 32.1. The van der Waals surface area contributed by atoms with Crippen molar-refractivity contribution in [3.05, 3.63) is 21.9 Å². The Morgan fingerprint density at radius 2 is 2.50 bits per heavy atom. The summed E-state index contributed by atoms with van der Waals surface area (Å²) in [4.78, 5) is 1.16. The molecule has 0 unspecified atom stereocenters. The van der Waals surface area contributed by atoms with Gasteiger partial charge in [0.25, 0.3) is 0 Å². The van der Waals surface area contributed by atoms with Crippen LogP contribution in [0.2, 0.25) is 0 Å². The van der Waals surface area contributed by atoms with Crippen molar-refractivity contribution < 1.29 is 5.11 Å². The predicted molar refractivity (Wildman–Crippen MR) is 48.0 cm³/mol. The van der Waals surface area contributed by atoms with Crippen molar-refractivity contribution in [2.45, 2.75) is 13.3 Å². The van der Waals surface area contributed by atoms with Crippen molar-refractivity contribution in [2.24, 2.45) is 0 Å². The third kappa shape index (κ3) is 1.36. The van der Waals surface area contributed by atoms with Crippen molar-refractivity contribution in [3.63, 3.8) is 0 Å². The third-order valence-corrected chi connectivity index (χ3v) is 2.58. The standard InChI is InChI=1S/C7H8OS2/c1-2-6-5(7(8)9)3-4-10-6/h3-4H,2H2,1H3,(H,8,9). The molecule has 0 amide bonds. The van der Waals surface area contributed by atoms with E-state index in [0.717, 1.165) is 16.9 Å². The van der Waals surface area contributed by atoms with Gasteiger partial charge in [-0.2, -0.15) is 0 Å². The number of aliphatic hydroxyl groups is 1. The molecule has 0 aliphatic rings. The van der Waals surface area contributed by atoms with Crippen LogP contribution in [-0.4, -0.2) is 10.2 Å². The van der Waals surface area contributed by atoms with Crippen LogP contribution in [0, 0.1) is 0 Å². The first-order valence-corrected chi connectivity index (χ1v) is 4.34. The number of thiophene rings is 1. The van der Waals surface area contributed by atoms with Gasteiger partial charge in [0.05, 0.1) is 0 Å². The molecule has 1 nitrogen and oxygen atoms in total. The van der Waals surface area contributed by atoms with Crippen molar-refractivity contribution >= 4 is 28.6 Å². The van der Waals surface area contributed by atoms with Gasteiger partial charge in [0.15, 0.2) is 5.05 Å². The molecule has 0 aliphatic carbocycles. The van der Waals surface area contributed by atoms with E-state index in [1.165, 1.54) is 0 Å². The van der Waals surface area contributed by atoms with Crippen LogP contribution in [0.4, 0.5) is 0 Å². The molecule has 0 spiro atoms. The van der Waals surface area contributed by atoms with E-state index in [4.69, 9.17) is 5.11 Å². The van der Waals surface area contributed by atoms with E-state index in [-0.39, 0.29) is 5.05 Å². The molecule has 0 saturated heterocycles. The van der Waals surface area contributed by atoms with E-state index in [9.17, 15) is 0 Å². The molecule has 0 saturated carbocycles. The minimum absolute atomic E-state index is 0.0121. The molecule has 1 aromatic rings. The first-order chi connectivity index (χ1) is 4.75. The van der Waals surface area contributed by atoms with Gasteiger partial charge >= 0.3 is 0 Å². The zero-order chi connectivity index (χ0) is 7.56. The minimum atomic E-state index is 0.0121. The van der Waals surface area contributed by atoms with Crippen LogP contribution in [0.3, 0.4) is 0 Å². The van der Waals surface area contributed by atoms with Crippen LogP contribution in [-0.2, 0) is 6.42 Å². The van der Waals surface area contributed by atoms with Gasteiger partial charge in [-0.1, -0.05) is 6.92 Å². The summed E-state index contributed by atoms with van der Waals surface area (Å²) < 4.78 is 0. The average Bonchev–Trinajstić information content (AvgIpc) is 2.33. The lowest BCUT2D eigenvalue weighted by Crippen LogP contribution is -1.94. The number of thiocarbonyl (C=S) groups is 1. The largest absolute Gasteiger partial charge is 0.498 e. The van der Waals surface area contributed by atoms with Crippen LogP contribution in [0.1, 0.15) is 17.4 Å². The van der Waals surface area contributed by atoms with E-state index in [1.807, 2.05) is 18.4 Å². The Labute approximate surface area is 69.3 Å². The van der Waals surface area contributed by atoms with E-state index >= 15 is 0 Å². The summed E-state index contributed by atoms with van der Waals surface area (Å²) in [6.45, 7) is 2.05. The number of aliphatic hydroxyl groups excluding tert-OH is 1. The number of hydrogen-bond acceptors (Lipinski definition) is 2. The van der Waals surface area contributed by atoms with Gasteiger partial charge in [0.2, 0.25) is 0 Å². The molecule has 1 N–H and O–H groups in total. The van der Waals surface area contributed by atoms with Crippen LogP contribution < -0.4 is 0 Å². The maximum absolute atomic E-state index is 8.96. The maximum Gasteiger partial charge on any atom is 0.189 e. The van der Waals surface area contributed by atoms with E-state index in [1.54, 1.807) is 11.3 Å². The molecule has 1 heterocycles. The first kappa shape index (κ1) is 7.69. The third-order valence-electron chi connectivity index (χ3n) is 1.30. The Kier molecular flexibility index (Phi) is 2.40. The lowest BCUT2D eigenvalue weighted by molar-refractivity contribution is 0.570. The lowest BCUT2D eigenvalue weighted by Gasteiger charge is -1.94. The number of aryl methyl sites for hydroxylation is 1. The topological polar surface area (TPSA) is 20.2 Å². The Balaban J connectivity index is 3.01. The van der Waals surface area contributed by atoms with Gasteiger partial charge in [-0.05, 0) is 30.1 Å². The molecule has 0 bridgehead atoms. The van der Waals surface area contributed by atoms with E-state index < -0.39 is 0 Å². The second-order valence-corrected chi connectivity index (χ2v) is 3.30. The number of rotatable bonds is 2. The van der Waals surface area contributed by atoms with Crippen LogP contribution >= 0.6 is 23.6 Å². The highest BCUT2D eigenvalue weighted by Gasteiger charge is 2.04. The Morgan fingerprint density at radius 3 is 2.90 bits per heavy atom. The van der Waals surface area contributed by atoms with Crippen molar-refractivity contribution in [1.82, 2.24) is 0 Å². The Hall–Kier alpha value is -0.410. The van der Waals surface area contributed by atoms with Crippen LogP contribution in [0.25, 0.3) is 0 Å². The van der Waals surface area contributed by atoms with Crippen molar-refractivity contribution in [1.29, 1.82) is 0 Å². The molecule has 1 aromatic heterocycles. The SMILES string of the molecule is CCc1sccc1C(O)=S. The zero-order valence-corrected chi connectivity index (χ0v) is 7.26. The van der Waals surface area contributed by atoms with Gasteiger partial charge < -0.3 is 5.11 Å². The Morgan fingerprint density at radius 1 is 1.80 bits per heavy atom. The van der Waals surface area contributed by atoms with E-state index in [0.29, 0.717) is 0 Å². The van der Waals surface area contributed by atoms with Crippen LogP contribution in [0.5, 0.6) is 0 Å². The first-order valence-electron chi connectivity index (χ1n) is 3.05. The average molecular weight is 172 g/mol. The summed E-state index contributed by atoms with van der Waals surface area (Å²) in [5, 5.41) is 10.9. The summed E-state index contributed by atoms with van der Waals surface area (Å²) >= 11 is 6.26. The van der Waals surface area contributed by atoms with Gasteiger partial charge in [0, 0.05) is 10.4 Å². The molecular formula is C7H8OS2. The minimum Gasteiger partial charge on any atom is -0.498 e. The van der Waals surface area contributed by atoms with Crippen LogP contribution in [0.15, 0.2) is 11.4 Å². The summed E-state index contributed by atoms with van der Waals surface area (Å²) in [5.74, 6) is 0. The second kappa shape index (κ2) is 3.12. The zero-order valence-electron chi connectivity index (χ0n) is 5.63. The Bertz CT molecular complexity index is 240. The fourth-order valence-electron chi connectivity index (χ4n) is 0.805. The molecular weight excluding hydrogens is 164 g/mol. The molecule has 54 valence electrons.